The van der Waals surface area contributed by atoms with Crippen molar-refractivity contribution >= 4 is 34.9 Å². The van der Waals surface area contributed by atoms with Crippen molar-refractivity contribution in [1.29, 1.82) is 0 Å². The fraction of sp³-hybridized carbons (Fsp3) is 0.240. The number of urea groups is 1. The zero-order valence-electron chi connectivity index (χ0n) is 18.1. The molecule has 0 aliphatic carbocycles. The van der Waals surface area contributed by atoms with E-state index in [0.29, 0.717) is 31.0 Å². The summed E-state index contributed by atoms with van der Waals surface area (Å²) in [5.41, 5.74) is 4.79. The lowest BCUT2D eigenvalue weighted by Crippen LogP contribution is -2.49. The number of benzene rings is 2. The number of hydrogen-bond donors (Lipinski definition) is 1. The molecule has 1 aromatic heterocycles. The van der Waals surface area contributed by atoms with Gasteiger partial charge in [0.1, 0.15) is 5.15 Å². The maximum Gasteiger partial charge on any atom is 0.324 e. The molecule has 7 heteroatoms. The highest BCUT2D eigenvalue weighted by Gasteiger charge is 2.29. The van der Waals surface area contributed by atoms with E-state index in [4.69, 9.17) is 11.6 Å². The zero-order valence-corrected chi connectivity index (χ0v) is 18.9. The first-order valence-electron chi connectivity index (χ1n) is 10.6. The van der Waals surface area contributed by atoms with Gasteiger partial charge in [-0.1, -0.05) is 41.9 Å². The van der Waals surface area contributed by atoms with E-state index in [1.54, 1.807) is 17.0 Å². The van der Waals surface area contributed by atoms with Crippen LogP contribution in [0.5, 0.6) is 0 Å². The standard InChI is InChI=1S/C25H25ClN4O2/c1-17-10-11-22(21(15-17)28-24(31)20-9-5-12-27-23(20)26)30-14-6-13-29(25(30)32)16-19-8-4-3-7-18(19)2/h3-5,7-12,15H,6,13-14,16H2,1-2H3,(H,28,31). The third kappa shape index (κ3) is 4.60. The van der Waals surface area contributed by atoms with E-state index in [9.17, 15) is 9.59 Å². The summed E-state index contributed by atoms with van der Waals surface area (Å²) in [6.07, 6.45) is 2.37. The van der Waals surface area contributed by atoms with Gasteiger partial charge in [-0.25, -0.2) is 9.78 Å². The zero-order chi connectivity index (χ0) is 22.7. The Morgan fingerprint density at radius 2 is 1.91 bits per heavy atom. The number of rotatable bonds is 5. The van der Waals surface area contributed by atoms with Crippen molar-refractivity contribution in [3.05, 3.63) is 88.2 Å². The Morgan fingerprint density at radius 1 is 1.09 bits per heavy atom. The molecule has 0 saturated carbocycles. The average molecular weight is 449 g/mol. The lowest BCUT2D eigenvalue weighted by molar-refractivity contribution is 0.102. The predicted octanol–water partition coefficient (Wildman–Crippen LogP) is 5.44. The molecule has 2 aromatic carbocycles. The molecule has 1 saturated heterocycles. The minimum absolute atomic E-state index is 0.0711. The van der Waals surface area contributed by atoms with Gasteiger partial charge in [-0.2, -0.15) is 0 Å². The molecule has 0 radical (unpaired) electrons. The van der Waals surface area contributed by atoms with Crippen LogP contribution in [0.1, 0.15) is 33.5 Å². The Kier molecular flexibility index (Phi) is 6.42. The van der Waals surface area contributed by atoms with E-state index in [1.807, 2.05) is 42.2 Å². The Morgan fingerprint density at radius 3 is 2.69 bits per heavy atom. The Balaban J connectivity index is 1.60. The van der Waals surface area contributed by atoms with Crippen LogP contribution in [-0.2, 0) is 6.54 Å². The third-order valence-electron chi connectivity index (χ3n) is 5.63. The lowest BCUT2D eigenvalue weighted by atomic mass is 10.1. The fourth-order valence-corrected chi connectivity index (χ4v) is 4.08. The summed E-state index contributed by atoms with van der Waals surface area (Å²) in [5.74, 6) is -0.365. The lowest BCUT2D eigenvalue weighted by Gasteiger charge is -2.36. The number of hydrogen-bond acceptors (Lipinski definition) is 3. The molecule has 0 atom stereocenters. The van der Waals surface area contributed by atoms with E-state index >= 15 is 0 Å². The summed E-state index contributed by atoms with van der Waals surface area (Å²) in [6.45, 7) is 5.84. The first-order valence-corrected chi connectivity index (χ1v) is 11.0. The minimum Gasteiger partial charge on any atom is -0.320 e. The number of amides is 3. The molecule has 2 heterocycles. The monoisotopic (exact) mass is 448 g/mol. The van der Waals surface area contributed by atoms with Gasteiger partial charge in [0, 0.05) is 25.8 Å². The second kappa shape index (κ2) is 9.40. The van der Waals surface area contributed by atoms with Crippen LogP contribution in [-0.4, -0.2) is 34.9 Å². The van der Waals surface area contributed by atoms with E-state index in [2.05, 4.69) is 29.4 Å². The number of nitrogens with one attached hydrogen (secondary N) is 1. The molecule has 3 aromatic rings. The van der Waals surface area contributed by atoms with Crippen LogP contribution in [0.3, 0.4) is 0 Å². The number of pyridine rings is 1. The van der Waals surface area contributed by atoms with Crippen LogP contribution < -0.4 is 10.2 Å². The first-order chi connectivity index (χ1) is 15.4. The fourth-order valence-electron chi connectivity index (χ4n) is 3.88. The SMILES string of the molecule is Cc1ccc(N2CCCN(Cc3ccccc3C)C2=O)c(NC(=O)c2cccnc2Cl)c1. The molecule has 0 spiro atoms. The topological polar surface area (TPSA) is 65.5 Å². The molecule has 1 aliphatic rings. The van der Waals surface area contributed by atoms with Crippen molar-refractivity contribution in [2.45, 2.75) is 26.8 Å². The third-order valence-corrected chi connectivity index (χ3v) is 5.93. The normalized spacial score (nSPS) is 13.9. The Bertz CT molecular complexity index is 1160. The van der Waals surface area contributed by atoms with Crippen molar-refractivity contribution in [1.82, 2.24) is 9.88 Å². The highest BCUT2D eigenvalue weighted by atomic mass is 35.5. The average Bonchev–Trinajstić information content (AvgIpc) is 2.77. The van der Waals surface area contributed by atoms with E-state index in [1.165, 1.54) is 6.20 Å². The highest BCUT2D eigenvalue weighted by molar-refractivity contribution is 6.33. The van der Waals surface area contributed by atoms with Crippen LogP contribution in [0.4, 0.5) is 16.2 Å². The maximum absolute atomic E-state index is 13.4. The second-order valence-electron chi connectivity index (χ2n) is 7.95. The van der Waals surface area contributed by atoms with Gasteiger partial charge >= 0.3 is 6.03 Å². The van der Waals surface area contributed by atoms with Crippen LogP contribution in [0.25, 0.3) is 0 Å². The molecular formula is C25H25ClN4O2. The van der Waals surface area contributed by atoms with Crippen LogP contribution in [0.2, 0.25) is 5.15 Å². The summed E-state index contributed by atoms with van der Waals surface area (Å²) in [5, 5.41) is 3.06. The van der Waals surface area contributed by atoms with Gasteiger partial charge in [-0.05, 0) is 61.2 Å². The quantitative estimate of drug-likeness (QED) is 0.529. The van der Waals surface area contributed by atoms with Gasteiger partial charge in [-0.15, -0.1) is 0 Å². The van der Waals surface area contributed by atoms with Crippen LogP contribution in [0.15, 0.2) is 60.8 Å². The van der Waals surface area contributed by atoms with E-state index < -0.39 is 0 Å². The second-order valence-corrected chi connectivity index (χ2v) is 8.31. The molecule has 164 valence electrons. The smallest absolute Gasteiger partial charge is 0.320 e. The van der Waals surface area contributed by atoms with Gasteiger partial charge in [0.2, 0.25) is 0 Å². The highest BCUT2D eigenvalue weighted by Crippen LogP contribution is 2.31. The molecule has 1 aliphatic heterocycles. The van der Waals surface area contributed by atoms with E-state index in [-0.39, 0.29) is 22.7 Å². The number of aryl methyl sites for hydroxylation is 2. The molecule has 0 bridgehead atoms. The van der Waals surface area contributed by atoms with Crippen molar-refractivity contribution in [2.24, 2.45) is 0 Å². The van der Waals surface area contributed by atoms with Gasteiger partial charge in [0.25, 0.3) is 5.91 Å². The maximum atomic E-state index is 13.4. The minimum atomic E-state index is -0.365. The molecule has 0 unspecified atom stereocenters. The number of aromatic nitrogens is 1. The Hall–Kier alpha value is -3.38. The van der Waals surface area contributed by atoms with Crippen molar-refractivity contribution in [3.8, 4) is 0 Å². The largest absolute Gasteiger partial charge is 0.324 e. The molecule has 3 amide bonds. The van der Waals surface area contributed by atoms with Crippen LogP contribution >= 0.6 is 11.6 Å². The summed E-state index contributed by atoms with van der Waals surface area (Å²) in [6, 6.07) is 17.0. The predicted molar refractivity (Wildman–Crippen MR) is 127 cm³/mol. The molecule has 32 heavy (non-hydrogen) atoms. The summed E-state index contributed by atoms with van der Waals surface area (Å²) < 4.78 is 0. The number of nitrogens with zero attached hydrogens (tertiary/aromatic N) is 3. The number of halogens is 1. The number of carbonyl (C=O) groups excluding carboxylic acids is 2. The Labute approximate surface area is 192 Å². The van der Waals surface area contributed by atoms with Gasteiger partial charge in [0.05, 0.1) is 16.9 Å². The van der Waals surface area contributed by atoms with Gasteiger partial charge in [0.15, 0.2) is 0 Å². The number of anilines is 2. The van der Waals surface area contributed by atoms with Crippen LogP contribution in [0, 0.1) is 13.8 Å². The molecule has 1 N–H and O–H groups in total. The van der Waals surface area contributed by atoms with Gasteiger partial charge in [-0.3, -0.25) is 9.69 Å². The first kappa shape index (κ1) is 21.8. The molecule has 4 rings (SSSR count). The molecule has 6 nitrogen and oxygen atoms in total. The summed E-state index contributed by atoms with van der Waals surface area (Å²) in [4.78, 5) is 33.8. The molecule has 1 fully saturated rings. The molecular weight excluding hydrogens is 424 g/mol. The van der Waals surface area contributed by atoms with Crippen molar-refractivity contribution < 1.29 is 9.59 Å². The van der Waals surface area contributed by atoms with Crippen molar-refractivity contribution in [3.63, 3.8) is 0 Å². The van der Waals surface area contributed by atoms with Crippen molar-refractivity contribution in [2.75, 3.05) is 23.3 Å². The summed E-state index contributed by atoms with van der Waals surface area (Å²) >= 11 is 6.09. The summed E-state index contributed by atoms with van der Waals surface area (Å²) in [7, 11) is 0. The van der Waals surface area contributed by atoms with Gasteiger partial charge < -0.3 is 10.2 Å². The number of carbonyl (C=O) groups is 2. The van der Waals surface area contributed by atoms with E-state index in [0.717, 1.165) is 23.1 Å².